The van der Waals surface area contributed by atoms with Crippen LogP contribution in [0.25, 0.3) is 11.0 Å². The van der Waals surface area contributed by atoms with Crippen LogP contribution >= 0.6 is 0 Å². The van der Waals surface area contributed by atoms with E-state index in [4.69, 9.17) is 13.9 Å². The molecule has 3 aromatic rings. The summed E-state index contributed by atoms with van der Waals surface area (Å²) in [6.45, 7) is 3.76. The molecule has 8 heteroatoms. The van der Waals surface area contributed by atoms with Crippen molar-refractivity contribution in [1.29, 1.82) is 0 Å². The number of amides is 1. The molecule has 1 amide bonds. The van der Waals surface area contributed by atoms with Crippen LogP contribution in [0, 0.1) is 12.7 Å². The normalized spacial score (nSPS) is 10.8. The van der Waals surface area contributed by atoms with Crippen molar-refractivity contribution < 1.29 is 27.9 Å². The van der Waals surface area contributed by atoms with Gasteiger partial charge in [0.1, 0.15) is 17.1 Å². The lowest BCUT2D eigenvalue weighted by Gasteiger charge is -2.21. The Morgan fingerprint density at radius 1 is 1.15 bits per heavy atom. The minimum absolute atomic E-state index is 0.0729. The van der Waals surface area contributed by atoms with Crippen molar-refractivity contribution in [2.24, 2.45) is 0 Å². The summed E-state index contributed by atoms with van der Waals surface area (Å²) in [6.07, 6.45) is 0.0561. The molecule has 0 aliphatic rings. The summed E-state index contributed by atoms with van der Waals surface area (Å²) >= 11 is 0. The zero-order chi connectivity index (χ0) is 24.0. The van der Waals surface area contributed by atoms with Gasteiger partial charge in [0, 0.05) is 36.5 Å². The fraction of sp³-hybridized carbons (Fsp3) is 0.320. The number of esters is 1. The second-order valence-electron chi connectivity index (χ2n) is 7.55. The monoisotopic (exact) mass is 455 g/mol. The summed E-state index contributed by atoms with van der Waals surface area (Å²) in [7, 11) is 1.53. The molecule has 0 saturated carbocycles. The van der Waals surface area contributed by atoms with Crippen LogP contribution in [0.4, 0.5) is 4.39 Å². The van der Waals surface area contributed by atoms with Gasteiger partial charge < -0.3 is 18.8 Å². The molecule has 0 radical (unpaired) electrons. The average Bonchev–Trinajstić information content (AvgIpc) is 2.80. The Labute approximate surface area is 190 Å². The minimum atomic E-state index is -0.598. The maximum atomic E-state index is 13.4. The maximum absolute atomic E-state index is 13.4. The molecule has 1 heterocycles. The fourth-order valence-corrected chi connectivity index (χ4v) is 3.56. The van der Waals surface area contributed by atoms with E-state index in [2.05, 4.69) is 0 Å². The number of aryl methyl sites for hydroxylation is 1. The number of rotatable bonds is 9. The van der Waals surface area contributed by atoms with Crippen molar-refractivity contribution in [2.45, 2.75) is 33.2 Å². The van der Waals surface area contributed by atoms with Gasteiger partial charge in [-0.1, -0.05) is 12.1 Å². The number of ether oxygens (including phenoxy) is 2. The van der Waals surface area contributed by atoms with E-state index < -0.39 is 18.2 Å². The summed E-state index contributed by atoms with van der Waals surface area (Å²) < 4.78 is 29.0. The van der Waals surface area contributed by atoms with Crippen molar-refractivity contribution in [3.05, 3.63) is 75.4 Å². The molecule has 0 unspecified atom stereocenters. The van der Waals surface area contributed by atoms with Crippen molar-refractivity contribution >= 4 is 22.8 Å². The first kappa shape index (κ1) is 24.0. The molecule has 2 aromatic carbocycles. The van der Waals surface area contributed by atoms with Gasteiger partial charge in [0.05, 0.1) is 7.11 Å². The fourth-order valence-electron chi connectivity index (χ4n) is 3.56. The SMILES string of the molecule is CCN(Cc1cccc(F)c1)C(=O)COC(=O)CCc1c(C)c2ccc(OC)cc2oc1=O. The van der Waals surface area contributed by atoms with Crippen molar-refractivity contribution in [1.82, 2.24) is 4.90 Å². The molecule has 174 valence electrons. The van der Waals surface area contributed by atoms with E-state index in [1.54, 1.807) is 44.2 Å². The van der Waals surface area contributed by atoms with Gasteiger partial charge in [0.15, 0.2) is 6.61 Å². The lowest BCUT2D eigenvalue weighted by atomic mass is 10.0. The number of likely N-dealkylation sites (N-methyl/N-ethyl adjacent to an activating group) is 1. The summed E-state index contributed by atoms with van der Waals surface area (Å²) in [4.78, 5) is 38.5. The lowest BCUT2D eigenvalue weighted by molar-refractivity contribution is -0.152. The van der Waals surface area contributed by atoms with E-state index in [1.165, 1.54) is 24.1 Å². The first-order chi connectivity index (χ1) is 15.8. The van der Waals surface area contributed by atoms with E-state index in [0.717, 1.165) is 10.9 Å². The number of benzene rings is 2. The molecule has 0 aliphatic carbocycles. The predicted molar refractivity (Wildman–Crippen MR) is 121 cm³/mol. The maximum Gasteiger partial charge on any atom is 0.339 e. The van der Waals surface area contributed by atoms with Gasteiger partial charge >= 0.3 is 11.6 Å². The van der Waals surface area contributed by atoms with Crippen LogP contribution in [-0.2, 0) is 27.3 Å². The topological polar surface area (TPSA) is 86.1 Å². The number of hydrogen-bond acceptors (Lipinski definition) is 6. The summed E-state index contributed by atoms with van der Waals surface area (Å²) in [6, 6.07) is 11.2. The van der Waals surface area contributed by atoms with Gasteiger partial charge in [-0.15, -0.1) is 0 Å². The molecule has 0 fully saturated rings. The van der Waals surface area contributed by atoms with Crippen LogP contribution in [0.5, 0.6) is 5.75 Å². The zero-order valence-electron chi connectivity index (χ0n) is 18.9. The Morgan fingerprint density at radius 3 is 2.64 bits per heavy atom. The standard InChI is InChI=1S/C25H26FNO6/c1-4-27(14-17-6-5-7-18(26)12-17)23(28)15-32-24(29)11-10-21-16(2)20-9-8-19(31-3)13-22(20)33-25(21)30/h5-9,12-13H,4,10-11,14-15H2,1-3H3. The van der Waals surface area contributed by atoms with E-state index in [0.29, 0.717) is 29.0 Å². The second-order valence-corrected chi connectivity index (χ2v) is 7.55. The van der Waals surface area contributed by atoms with E-state index in [1.807, 2.05) is 0 Å². The van der Waals surface area contributed by atoms with Gasteiger partial charge in [0.25, 0.3) is 5.91 Å². The van der Waals surface area contributed by atoms with Crippen LogP contribution in [0.15, 0.2) is 51.7 Å². The van der Waals surface area contributed by atoms with Gasteiger partial charge in [0.2, 0.25) is 0 Å². The summed E-state index contributed by atoms with van der Waals surface area (Å²) in [5.41, 5.74) is 1.64. The average molecular weight is 455 g/mol. The Bertz CT molecular complexity index is 1220. The molecule has 0 bridgehead atoms. The quantitative estimate of drug-likeness (QED) is 0.361. The van der Waals surface area contributed by atoms with E-state index in [-0.39, 0.29) is 31.1 Å². The number of carbonyl (C=O) groups is 2. The largest absolute Gasteiger partial charge is 0.497 e. The molecule has 33 heavy (non-hydrogen) atoms. The highest BCUT2D eigenvalue weighted by molar-refractivity contribution is 5.83. The highest BCUT2D eigenvalue weighted by Gasteiger charge is 2.17. The third kappa shape index (κ3) is 5.97. The van der Waals surface area contributed by atoms with Crippen molar-refractivity contribution in [3.63, 3.8) is 0 Å². The molecule has 0 spiro atoms. The Balaban J connectivity index is 1.58. The van der Waals surface area contributed by atoms with Gasteiger partial charge in [-0.25, -0.2) is 9.18 Å². The molecule has 0 aliphatic heterocycles. The Kier molecular flexibility index (Phi) is 7.82. The summed E-state index contributed by atoms with van der Waals surface area (Å²) in [5, 5.41) is 0.755. The van der Waals surface area contributed by atoms with Gasteiger partial charge in [-0.2, -0.15) is 0 Å². The third-order valence-corrected chi connectivity index (χ3v) is 5.43. The first-order valence-corrected chi connectivity index (χ1v) is 10.6. The Hall–Kier alpha value is -3.68. The minimum Gasteiger partial charge on any atom is -0.497 e. The van der Waals surface area contributed by atoms with Crippen LogP contribution in [0.3, 0.4) is 0 Å². The number of nitrogens with zero attached hydrogens (tertiary/aromatic N) is 1. The number of hydrogen-bond donors (Lipinski definition) is 0. The third-order valence-electron chi connectivity index (χ3n) is 5.43. The van der Waals surface area contributed by atoms with Gasteiger partial charge in [-0.05, 0) is 55.7 Å². The van der Waals surface area contributed by atoms with Crippen LogP contribution in [0.1, 0.15) is 30.0 Å². The smallest absolute Gasteiger partial charge is 0.339 e. The van der Waals surface area contributed by atoms with Gasteiger partial charge in [-0.3, -0.25) is 9.59 Å². The van der Waals surface area contributed by atoms with Crippen molar-refractivity contribution in [2.75, 3.05) is 20.3 Å². The zero-order valence-corrected chi connectivity index (χ0v) is 18.9. The van der Waals surface area contributed by atoms with Crippen molar-refractivity contribution in [3.8, 4) is 5.75 Å². The molecule has 0 atom stereocenters. The second kappa shape index (κ2) is 10.8. The molecule has 3 rings (SSSR count). The molecule has 0 N–H and O–H groups in total. The number of halogens is 1. The predicted octanol–water partition coefficient (Wildman–Crippen LogP) is 3.77. The molecule has 7 nitrogen and oxygen atoms in total. The number of carbonyl (C=O) groups excluding carboxylic acids is 2. The first-order valence-electron chi connectivity index (χ1n) is 10.6. The van der Waals surface area contributed by atoms with Crippen LogP contribution in [-0.4, -0.2) is 37.0 Å². The molecule has 0 saturated heterocycles. The highest BCUT2D eigenvalue weighted by Crippen LogP contribution is 2.24. The molecular formula is C25H26FNO6. The van der Waals surface area contributed by atoms with E-state index in [9.17, 15) is 18.8 Å². The molecular weight excluding hydrogens is 429 g/mol. The highest BCUT2D eigenvalue weighted by atomic mass is 19.1. The molecule has 1 aromatic heterocycles. The van der Waals surface area contributed by atoms with Crippen LogP contribution < -0.4 is 10.4 Å². The van der Waals surface area contributed by atoms with E-state index >= 15 is 0 Å². The van der Waals surface area contributed by atoms with Crippen LogP contribution in [0.2, 0.25) is 0 Å². The lowest BCUT2D eigenvalue weighted by Crippen LogP contribution is -2.34. The number of fused-ring (bicyclic) bond motifs is 1. The Morgan fingerprint density at radius 2 is 1.94 bits per heavy atom. The number of methoxy groups -OCH3 is 1. The summed E-state index contributed by atoms with van der Waals surface area (Å²) in [5.74, 6) is -0.788.